The number of aryl methyl sites for hydroxylation is 1. The molecule has 192 valence electrons. The average molecular weight is 508 g/mol. The fraction of sp³-hybridized carbons (Fsp3) is 0.207. The van der Waals surface area contributed by atoms with Gasteiger partial charge in [0.25, 0.3) is 0 Å². The molecule has 0 atom stereocenters. The van der Waals surface area contributed by atoms with Gasteiger partial charge in [-0.3, -0.25) is 0 Å². The van der Waals surface area contributed by atoms with Crippen LogP contribution in [0, 0.1) is 0 Å². The molecule has 3 aromatic heterocycles. The van der Waals surface area contributed by atoms with Gasteiger partial charge >= 0.3 is 5.97 Å². The lowest BCUT2D eigenvalue weighted by atomic mass is 9.97. The molecule has 0 aliphatic carbocycles. The number of ether oxygens (including phenoxy) is 1. The minimum absolute atomic E-state index is 0.320. The van der Waals surface area contributed by atoms with E-state index in [1.54, 1.807) is 13.0 Å². The van der Waals surface area contributed by atoms with Crippen LogP contribution >= 0.6 is 0 Å². The first kappa shape index (κ1) is 24.9. The molecular weight excluding hydrogens is 478 g/mol. The van der Waals surface area contributed by atoms with Crippen molar-refractivity contribution in [3.05, 3.63) is 96.2 Å². The molecular formula is C29H29N7O2. The van der Waals surface area contributed by atoms with Crippen LogP contribution in [0.15, 0.2) is 79.1 Å². The molecule has 5 aromatic rings. The molecule has 0 fully saturated rings. The summed E-state index contributed by atoms with van der Waals surface area (Å²) in [4.78, 5) is 17.2. The Morgan fingerprint density at radius 2 is 1.84 bits per heavy atom. The summed E-state index contributed by atoms with van der Waals surface area (Å²) in [7, 11) is 0. The van der Waals surface area contributed by atoms with Crippen LogP contribution in [-0.4, -0.2) is 47.3 Å². The van der Waals surface area contributed by atoms with Gasteiger partial charge in [0.2, 0.25) is 5.82 Å². The van der Waals surface area contributed by atoms with Crippen LogP contribution in [0.2, 0.25) is 0 Å². The molecule has 2 aromatic carbocycles. The Balaban J connectivity index is 1.61. The van der Waals surface area contributed by atoms with E-state index in [0.717, 1.165) is 52.4 Å². The molecule has 38 heavy (non-hydrogen) atoms. The van der Waals surface area contributed by atoms with Crippen molar-refractivity contribution in [2.75, 3.05) is 6.61 Å². The lowest BCUT2D eigenvalue weighted by Gasteiger charge is -2.14. The van der Waals surface area contributed by atoms with Crippen LogP contribution in [0.5, 0.6) is 0 Å². The first-order valence-corrected chi connectivity index (χ1v) is 12.7. The molecule has 0 amide bonds. The van der Waals surface area contributed by atoms with Crippen molar-refractivity contribution in [2.24, 2.45) is 0 Å². The number of carbonyl (C=O) groups is 1. The molecule has 0 saturated carbocycles. The Morgan fingerprint density at radius 3 is 2.55 bits per heavy atom. The molecule has 9 heteroatoms. The second kappa shape index (κ2) is 11.5. The fourth-order valence-corrected chi connectivity index (χ4v) is 4.46. The van der Waals surface area contributed by atoms with E-state index in [2.05, 4.69) is 62.4 Å². The second-order valence-corrected chi connectivity index (χ2v) is 8.73. The number of imidazole rings is 1. The Hall–Kier alpha value is -4.79. The van der Waals surface area contributed by atoms with E-state index in [1.165, 1.54) is 6.08 Å². The Kier molecular flexibility index (Phi) is 7.54. The molecule has 0 bridgehead atoms. The monoisotopic (exact) mass is 507 g/mol. The van der Waals surface area contributed by atoms with Gasteiger partial charge in [0.15, 0.2) is 5.82 Å². The number of tetrazole rings is 1. The van der Waals surface area contributed by atoms with Crippen molar-refractivity contribution < 1.29 is 9.53 Å². The topological polar surface area (TPSA) is 104 Å². The van der Waals surface area contributed by atoms with Gasteiger partial charge in [0, 0.05) is 37.0 Å². The van der Waals surface area contributed by atoms with E-state index in [4.69, 9.17) is 9.72 Å². The average Bonchev–Trinajstić information content (AvgIpc) is 3.71. The number of hydrogen-bond donors (Lipinski definition) is 1. The first-order chi connectivity index (χ1) is 18.7. The van der Waals surface area contributed by atoms with Crippen molar-refractivity contribution >= 4 is 12.0 Å². The van der Waals surface area contributed by atoms with Gasteiger partial charge in [-0.1, -0.05) is 49.4 Å². The number of aromatic amines is 1. The summed E-state index contributed by atoms with van der Waals surface area (Å²) < 4.78 is 9.25. The van der Waals surface area contributed by atoms with Crippen LogP contribution in [0.25, 0.3) is 34.4 Å². The molecule has 0 aliphatic heterocycles. The lowest BCUT2D eigenvalue weighted by Crippen LogP contribution is -2.08. The highest BCUT2D eigenvalue weighted by atomic mass is 16.5. The molecule has 5 rings (SSSR count). The van der Waals surface area contributed by atoms with E-state index in [-0.39, 0.29) is 5.97 Å². The molecule has 9 nitrogen and oxygen atoms in total. The number of nitrogens with zero attached hydrogens (tertiary/aromatic N) is 6. The van der Waals surface area contributed by atoms with Gasteiger partial charge in [-0.05, 0) is 59.5 Å². The van der Waals surface area contributed by atoms with Crippen molar-refractivity contribution in [3.8, 4) is 28.3 Å². The molecule has 1 N–H and O–H groups in total. The summed E-state index contributed by atoms with van der Waals surface area (Å²) in [5.41, 5.74) is 4.84. The van der Waals surface area contributed by atoms with Crippen LogP contribution in [-0.2, 0) is 22.5 Å². The molecule has 0 radical (unpaired) electrons. The highest BCUT2D eigenvalue weighted by molar-refractivity contribution is 5.87. The normalized spacial score (nSPS) is 11.3. The van der Waals surface area contributed by atoms with Crippen molar-refractivity contribution in [1.82, 2.24) is 34.7 Å². The zero-order chi connectivity index (χ0) is 26.3. The lowest BCUT2D eigenvalue weighted by molar-refractivity contribution is -0.137. The van der Waals surface area contributed by atoms with E-state index in [0.29, 0.717) is 19.0 Å². The van der Waals surface area contributed by atoms with E-state index in [1.807, 2.05) is 47.3 Å². The number of H-pyrrole nitrogens is 1. The summed E-state index contributed by atoms with van der Waals surface area (Å²) in [5, 5.41) is 14.9. The Morgan fingerprint density at radius 1 is 1.03 bits per heavy atom. The number of carbonyl (C=O) groups excluding carboxylic acids is 1. The van der Waals surface area contributed by atoms with E-state index >= 15 is 0 Å². The third kappa shape index (κ3) is 5.31. The maximum Gasteiger partial charge on any atom is 0.330 e. The fourth-order valence-electron chi connectivity index (χ4n) is 4.46. The number of hydrogen-bond acceptors (Lipinski definition) is 6. The number of esters is 1. The van der Waals surface area contributed by atoms with Crippen LogP contribution in [0.4, 0.5) is 0 Å². The van der Waals surface area contributed by atoms with Gasteiger partial charge in [-0.25, -0.2) is 9.78 Å². The van der Waals surface area contributed by atoms with Gasteiger partial charge in [-0.15, -0.1) is 10.2 Å². The van der Waals surface area contributed by atoms with Crippen molar-refractivity contribution in [3.63, 3.8) is 0 Å². The molecule has 0 unspecified atom stereocenters. The summed E-state index contributed by atoms with van der Waals surface area (Å²) in [5.74, 6) is 1.84. The number of nitrogens with one attached hydrogen (secondary N) is 1. The summed E-state index contributed by atoms with van der Waals surface area (Å²) in [6, 6.07) is 20.3. The smallest absolute Gasteiger partial charge is 0.330 e. The standard InChI is InChI=1S/C29H29N7O2/c1-3-10-26-30-29(35-17-8-9-18-35)25(15-16-27(37)38-4-2)36(26)20-21-13-14-23(22-11-6-5-7-12-22)24(19-21)28-31-33-34-32-28/h5-9,11-19H,3-4,10,20H2,1-2H3,(H,31,32,33,34). The first-order valence-electron chi connectivity index (χ1n) is 12.7. The van der Waals surface area contributed by atoms with E-state index in [9.17, 15) is 4.79 Å². The largest absolute Gasteiger partial charge is 0.463 e. The SMILES string of the molecule is CCCc1nc(-n2cccc2)c(C=CC(=O)OCC)n1Cc1ccc(-c2ccccc2)c(-c2nn[nH]n2)c1. The predicted octanol–water partition coefficient (Wildman–Crippen LogP) is 5.10. The zero-order valence-electron chi connectivity index (χ0n) is 21.4. The van der Waals surface area contributed by atoms with Gasteiger partial charge in [0.1, 0.15) is 5.82 Å². The maximum atomic E-state index is 12.2. The number of rotatable bonds is 10. The quantitative estimate of drug-likeness (QED) is 0.208. The molecule has 3 heterocycles. The number of benzene rings is 2. The zero-order valence-corrected chi connectivity index (χ0v) is 21.4. The maximum absolute atomic E-state index is 12.2. The van der Waals surface area contributed by atoms with Crippen molar-refractivity contribution in [1.29, 1.82) is 0 Å². The molecule has 0 spiro atoms. The van der Waals surface area contributed by atoms with Crippen LogP contribution in [0.1, 0.15) is 37.4 Å². The van der Waals surface area contributed by atoms with Crippen molar-refractivity contribution in [2.45, 2.75) is 33.2 Å². The Bertz CT molecular complexity index is 1520. The summed E-state index contributed by atoms with van der Waals surface area (Å²) in [6.07, 6.45) is 8.88. The molecule has 0 saturated heterocycles. The minimum atomic E-state index is -0.387. The van der Waals surface area contributed by atoms with Gasteiger partial charge < -0.3 is 13.9 Å². The van der Waals surface area contributed by atoms with Gasteiger partial charge in [-0.2, -0.15) is 5.21 Å². The van der Waals surface area contributed by atoms with Gasteiger partial charge in [0.05, 0.1) is 12.3 Å². The Labute approximate surface area is 220 Å². The second-order valence-electron chi connectivity index (χ2n) is 8.73. The summed E-state index contributed by atoms with van der Waals surface area (Å²) >= 11 is 0. The van der Waals surface area contributed by atoms with Crippen LogP contribution in [0.3, 0.4) is 0 Å². The number of aromatic nitrogens is 7. The van der Waals surface area contributed by atoms with E-state index < -0.39 is 0 Å². The van der Waals surface area contributed by atoms with Crippen LogP contribution < -0.4 is 0 Å². The molecule has 0 aliphatic rings. The third-order valence-corrected chi connectivity index (χ3v) is 6.15. The third-order valence-electron chi connectivity index (χ3n) is 6.15. The highest BCUT2D eigenvalue weighted by Gasteiger charge is 2.19. The predicted molar refractivity (Wildman–Crippen MR) is 145 cm³/mol. The highest BCUT2D eigenvalue weighted by Crippen LogP contribution is 2.31. The summed E-state index contributed by atoms with van der Waals surface area (Å²) in [6.45, 7) is 4.79. The minimum Gasteiger partial charge on any atom is -0.463 e.